The van der Waals surface area contributed by atoms with Crippen LogP contribution in [0.4, 0.5) is 5.69 Å². The number of ether oxygens (including phenoxy) is 1. The van der Waals surface area contributed by atoms with Gasteiger partial charge in [-0.25, -0.2) is 4.79 Å². The lowest BCUT2D eigenvalue weighted by molar-refractivity contribution is -0.137. The zero-order valence-electron chi connectivity index (χ0n) is 12.4. The Labute approximate surface area is 127 Å². The van der Waals surface area contributed by atoms with Crippen LogP contribution in [0.15, 0.2) is 24.3 Å². The minimum absolute atomic E-state index is 0.0162. The number of piperazine rings is 1. The van der Waals surface area contributed by atoms with Crippen molar-refractivity contribution in [3.05, 3.63) is 29.8 Å². The predicted molar refractivity (Wildman–Crippen MR) is 77.4 cm³/mol. The van der Waals surface area contributed by atoms with E-state index in [0.29, 0.717) is 5.69 Å². The van der Waals surface area contributed by atoms with Gasteiger partial charge in [-0.2, -0.15) is 0 Å². The molecule has 0 aliphatic carbocycles. The van der Waals surface area contributed by atoms with Gasteiger partial charge in [0.25, 0.3) is 5.78 Å². The van der Waals surface area contributed by atoms with E-state index in [2.05, 4.69) is 4.74 Å². The van der Waals surface area contributed by atoms with Crippen LogP contribution in [0.2, 0.25) is 0 Å². The first-order valence-corrected chi connectivity index (χ1v) is 6.80. The fraction of sp³-hybridized carbons (Fsp3) is 0.333. The van der Waals surface area contributed by atoms with Crippen molar-refractivity contribution >= 4 is 29.3 Å². The Kier molecular flexibility index (Phi) is 4.55. The molecule has 1 saturated heterocycles. The molecule has 0 aromatic heterocycles. The van der Waals surface area contributed by atoms with Crippen LogP contribution in [0, 0.1) is 0 Å². The molecule has 7 nitrogen and oxygen atoms in total. The van der Waals surface area contributed by atoms with Crippen molar-refractivity contribution in [2.24, 2.45) is 0 Å². The molecular weight excluding hydrogens is 288 g/mol. The third kappa shape index (κ3) is 3.13. The van der Waals surface area contributed by atoms with Crippen LogP contribution in [0.25, 0.3) is 0 Å². The fourth-order valence-electron chi connectivity index (χ4n) is 2.06. The molecule has 1 aliphatic heterocycles. The van der Waals surface area contributed by atoms with Gasteiger partial charge in [-0.05, 0) is 31.2 Å². The van der Waals surface area contributed by atoms with E-state index in [4.69, 9.17) is 0 Å². The van der Waals surface area contributed by atoms with Crippen LogP contribution in [0.1, 0.15) is 17.3 Å². The second kappa shape index (κ2) is 6.38. The molecule has 1 fully saturated rings. The standard InChI is InChI=1S/C15H16N2O5/c1-3-22-15(21)14(20)10-4-6-11(7-5-10)17-9-12(18)16(2)8-13(17)19/h4-7H,3,8-9H2,1-2H3. The summed E-state index contributed by atoms with van der Waals surface area (Å²) in [4.78, 5) is 49.5. The van der Waals surface area contributed by atoms with E-state index in [1.807, 2.05) is 0 Å². The summed E-state index contributed by atoms with van der Waals surface area (Å²) in [7, 11) is 1.57. The maximum absolute atomic E-state index is 12.0. The summed E-state index contributed by atoms with van der Waals surface area (Å²) in [5.41, 5.74) is 0.682. The molecule has 1 heterocycles. The zero-order chi connectivity index (χ0) is 16.3. The van der Waals surface area contributed by atoms with Gasteiger partial charge < -0.3 is 14.5 Å². The molecule has 0 atom stereocenters. The average Bonchev–Trinajstić information content (AvgIpc) is 2.50. The van der Waals surface area contributed by atoms with Gasteiger partial charge in [0.15, 0.2) is 0 Å². The van der Waals surface area contributed by atoms with Crippen molar-refractivity contribution in [2.45, 2.75) is 6.92 Å². The quantitative estimate of drug-likeness (QED) is 0.452. The Bertz CT molecular complexity index is 623. The second-order valence-corrected chi connectivity index (χ2v) is 4.83. The van der Waals surface area contributed by atoms with E-state index >= 15 is 0 Å². The minimum Gasteiger partial charge on any atom is -0.460 e. The largest absolute Gasteiger partial charge is 0.460 e. The molecule has 0 bridgehead atoms. The number of hydrogen-bond acceptors (Lipinski definition) is 5. The normalized spacial score (nSPS) is 15.0. The Balaban J connectivity index is 2.15. The third-order valence-electron chi connectivity index (χ3n) is 3.29. The SMILES string of the molecule is CCOC(=O)C(=O)c1ccc(N2CC(=O)N(C)CC2=O)cc1. The number of likely N-dealkylation sites (N-methyl/N-ethyl adjacent to an activating group) is 1. The molecular formula is C15H16N2O5. The van der Waals surface area contributed by atoms with E-state index in [9.17, 15) is 19.2 Å². The number of nitrogens with zero attached hydrogens (tertiary/aromatic N) is 2. The number of anilines is 1. The lowest BCUT2D eigenvalue weighted by atomic mass is 10.1. The number of hydrogen-bond donors (Lipinski definition) is 0. The van der Waals surface area contributed by atoms with E-state index in [1.54, 1.807) is 14.0 Å². The van der Waals surface area contributed by atoms with Crippen molar-refractivity contribution in [3.63, 3.8) is 0 Å². The number of amides is 2. The smallest absolute Gasteiger partial charge is 0.379 e. The lowest BCUT2D eigenvalue weighted by Crippen LogP contribution is -2.52. The number of carbonyl (C=O) groups excluding carboxylic acids is 4. The summed E-state index contributed by atoms with van der Waals surface area (Å²) in [5, 5.41) is 0. The topological polar surface area (TPSA) is 84.0 Å². The van der Waals surface area contributed by atoms with Gasteiger partial charge in [-0.15, -0.1) is 0 Å². The average molecular weight is 304 g/mol. The molecule has 0 saturated carbocycles. The van der Waals surface area contributed by atoms with Crippen molar-refractivity contribution in [2.75, 3.05) is 31.6 Å². The molecule has 116 valence electrons. The van der Waals surface area contributed by atoms with E-state index in [-0.39, 0.29) is 37.1 Å². The van der Waals surface area contributed by atoms with Gasteiger partial charge in [-0.3, -0.25) is 14.4 Å². The summed E-state index contributed by atoms with van der Waals surface area (Å²) in [6, 6.07) is 5.93. The fourth-order valence-corrected chi connectivity index (χ4v) is 2.06. The highest BCUT2D eigenvalue weighted by molar-refractivity contribution is 6.40. The number of ketones is 1. The molecule has 0 spiro atoms. The predicted octanol–water partition coefficient (Wildman–Crippen LogP) is 0.237. The molecule has 0 N–H and O–H groups in total. The minimum atomic E-state index is -0.916. The van der Waals surface area contributed by atoms with Crippen molar-refractivity contribution in [1.82, 2.24) is 4.90 Å². The maximum Gasteiger partial charge on any atom is 0.379 e. The Morgan fingerprint density at radius 1 is 1.09 bits per heavy atom. The van der Waals surface area contributed by atoms with Crippen LogP contribution in [0.5, 0.6) is 0 Å². The second-order valence-electron chi connectivity index (χ2n) is 4.83. The first-order chi connectivity index (χ1) is 10.4. The van der Waals surface area contributed by atoms with Gasteiger partial charge >= 0.3 is 5.97 Å². The van der Waals surface area contributed by atoms with E-state index in [1.165, 1.54) is 34.1 Å². The summed E-state index contributed by atoms with van der Waals surface area (Å²) >= 11 is 0. The van der Waals surface area contributed by atoms with E-state index in [0.717, 1.165) is 0 Å². The summed E-state index contributed by atoms with van der Waals surface area (Å²) in [5.74, 6) is -2.02. The lowest BCUT2D eigenvalue weighted by Gasteiger charge is -2.31. The molecule has 0 radical (unpaired) electrons. The molecule has 0 unspecified atom stereocenters. The maximum atomic E-state index is 12.0. The van der Waals surface area contributed by atoms with Crippen LogP contribution in [0.3, 0.4) is 0 Å². The first kappa shape index (κ1) is 15.7. The van der Waals surface area contributed by atoms with Gasteiger partial charge in [0, 0.05) is 18.3 Å². The Morgan fingerprint density at radius 2 is 1.73 bits per heavy atom. The van der Waals surface area contributed by atoms with Crippen LogP contribution in [-0.2, 0) is 19.1 Å². The molecule has 1 aromatic carbocycles. The summed E-state index contributed by atoms with van der Waals surface area (Å²) < 4.78 is 4.64. The molecule has 7 heteroatoms. The van der Waals surface area contributed by atoms with Crippen molar-refractivity contribution in [3.8, 4) is 0 Å². The van der Waals surface area contributed by atoms with Gasteiger partial charge in [-0.1, -0.05) is 0 Å². The number of rotatable bonds is 4. The van der Waals surface area contributed by atoms with Crippen molar-refractivity contribution in [1.29, 1.82) is 0 Å². The Hall–Kier alpha value is -2.70. The van der Waals surface area contributed by atoms with E-state index < -0.39 is 11.8 Å². The molecule has 2 rings (SSSR count). The van der Waals surface area contributed by atoms with Crippen LogP contribution < -0.4 is 4.90 Å². The number of Topliss-reactive ketones (excluding diaryl/α,β-unsaturated/α-hetero) is 1. The first-order valence-electron chi connectivity index (χ1n) is 6.80. The molecule has 1 aromatic rings. The zero-order valence-corrected chi connectivity index (χ0v) is 12.4. The highest BCUT2D eigenvalue weighted by Crippen LogP contribution is 2.18. The number of benzene rings is 1. The highest BCUT2D eigenvalue weighted by Gasteiger charge is 2.28. The molecule has 22 heavy (non-hydrogen) atoms. The summed E-state index contributed by atoms with van der Waals surface area (Å²) in [6.07, 6.45) is 0. The Morgan fingerprint density at radius 3 is 2.32 bits per heavy atom. The van der Waals surface area contributed by atoms with Gasteiger partial charge in [0.1, 0.15) is 6.54 Å². The monoisotopic (exact) mass is 304 g/mol. The van der Waals surface area contributed by atoms with Gasteiger partial charge in [0.2, 0.25) is 11.8 Å². The summed E-state index contributed by atoms with van der Waals surface area (Å²) in [6.45, 7) is 1.72. The molecule has 2 amide bonds. The third-order valence-corrected chi connectivity index (χ3v) is 3.29. The number of carbonyl (C=O) groups is 4. The van der Waals surface area contributed by atoms with Crippen LogP contribution >= 0.6 is 0 Å². The highest BCUT2D eigenvalue weighted by atomic mass is 16.5. The van der Waals surface area contributed by atoms with Crippen molar-refractivity contribution < 1.29 is 23.9 Å². The van der Waals surface area contributed by atoms with Gasteiger partial charge in [0.05, 0.1) is 13.2 Å². The molecule has 1 aliphatic rings. The van der Waals surface area contributed by atoms with Crippen LogP contribution in [-0.4, -0.2) is 55.2 Å². The number of esters is 1.